The number of rotatable bonds is 9. The van der Waals surface area contributed by atoms with Gasteiger partial charge in [-0.05, 0) is 18.2 Å². The number of carbonyl (C=O) groups excluding carboxylic acids is 2. The molecular weight excluding hydrogens is 431 g/mol. The molecule has 3 rings (SSSR count). The Morgan fingerprint density at radius 2 is 1.74 bits per heavy atom. The van der Waals surface area contributed by atoms with Crippen molar-refractivity contribution in [2.24, 2.45) is 0 Å². The van der Waals surface area contributed by atoms with Gasteiger partial charge in [0.05, 0.1) is 11.0 Å². The van der Waals surface area contributed by atoms with Crippen LogP contribution < -0.4 is 19.9 Å². The zero-order chi connectivity index (χ0) is 22.4. The maximum Gasteiger partial charge on any atom is 0.527 e. The van der Waals surface area contributed by atoms with Crippen molar-refractivity contribution >= 4 is 30.7 Å². The maximum absolute atomic E-state index is 12.6. The topological polar surface area (TPSA) is 173 Å². The van der Waals surface area contributed by atoms with Crippen LogP contribution in [-0.2, 0) is 16.0 Å². The number of amides is 2. The first-order valence-corrected chi connectivity index (χ1v) is 10.5. The van der Waals surface area contributed by atoms with Gasteiger partial charge in [-0.3, -0.25) is 19.4 Å². The highest BCUT2D eigenvalue weighted by Crippen LogP contribution is 2.38. The van der Waals surface area contributed by atoms with Gasteiger partial charge < -0.3 is 24.3 Å². The van der Waals surface area contributed by atoms with Crippen LogP contribution in [0.2, 0.25) is 0 Å². The van der Waals surface area contributed by atoms with Gasteiger partial charge in [0, 0.05) is 26.1 Å². The van der Waals surface area contributed by atoms with Crippen LogP contribution >= 0.6 is 7.82 Å². The van der Waals surface area contributed by atoms with Crippen LogP contribution in [-0.4, -0.2) is 44.7 Å². The van der Waals surface area contributed by atoms with Gasteiger partial charge in [-0.25, -0.2) is 14.5 Å². The minimum absolute atomic E-state index is 0.0652. The number of nitrogens with one attached hydrogen (secondary N) is 2. The Morgan fingerprint density at radius 3 is 2.42 bits per heavy atom. The Bertz CT molecular complexity index is 1140. The molecule has 0 bridgehead atoms. The van der Waals surface area contributed by atoms with Gasteiger partial charge in [-0.1, -0.05) is 12.1 Å². The lowest BCUT2D eigenvalue weighted by Crippen LogP contribution is -2.34. The number of phosphoric acid groups is 1. The van der Waals surface area contributed by atoms with Crippen LogP contribution in [0.1, 0.15) is 23.2 Å². The fraction of sp³-hybridized carbons (Fsp3) is 0.222. The molecule has 0 aliphatic rings. The molecule has 1 aromatic carbocycles. The standard InChI is InChI=1S/C18H19N4O8P/c1-11(23)19-8-9-20-17(24)16-18(22-14-5-3-2-4-13(14)21-16)28-10-12-6-7-15(29-12)30-31(25,26)27/h2-7H,8-10H2,1H3,(H,19,23)(H,20,24)(H2,25,26,27). The number of hydrogen-bond acceptors (Lipinski definition) is 8. The molecule has 2 amide bonds. The van der Waals surface area contributed by atoms with Gasteiger partial charge in [-0.2, -0.15) is 0 Å². The molecule has 3 aromatic rings. The molecule has 2 aromatic heterocycles. The third kappa shape index (κ3) is 6.51. The summed E-state index contributed by atoms with van der Waals surface area (Å²) in [6.45, 7) is 1.58. The number of hydrogen-bond donors (Lipinski definition) is 4. The van der Waals surface area contributed by atoms with Crippen LogP contribution in [0.25, 0.3) is 11.0 Å². The Balaban J connectivity index is 1.76. The fourth-order valence-electron chi connectivity index (χ4n) is 2.47. The van der Waals surface area contributed by atoms with E-state index in [9.17, 15) is 14.2 Å². The predicted molar refractivity (Wildman–Crippen MR) is 106 cm³/mol. The zero-order valence-electron chi connectivity index (χ0n) is 16.3. The molecule has 0 radical (unpaired) electrons. The normalized spacial score (nSPS) is 11.2. The molecule has 0 aliphatic carbocycles. The van der Waals surface area contributed by atoms with E-state index in [1.807, 2.05) is 0 Å². The van der Waals surface area contributed by atoms with Crippen LogP contribution in [0.5, 0.6) is 11.8 Å². The molecule has 0 saturated heterocycles. The Morgan fingerprint density at radius 1 is 1.06 bits per heavy atom. The monoisotopic (exact) mass is 450 g/mol. The molecule has 0 atom stereocenters. The molecule has 164 valence electrons. The summed E-state index contributed by atoms with van der Waals surface area (Å²) in [6, 6.07) is 9.52. The summed E-state index contributed by atoms with van der Waals surface area (Å²) in [6.07, 6.45) is 0. The average molecular weight is 450 g/mol. The highest BCUT2D eigenvalue weighted by atomic mass is 31.2. The Hall–Kier alpha value is -3.47. The molecule has 13 heteroatoms. The van der Waals surface area contributed by atoms with Gasteiger partial charge >= 0.3 is 7.82 Å². The van der Waals surface area contributed by atoms with Crippen molar-refractivity contribution in [2.75, 3.05) is 13.1 Å². The van der Waals surface area contributed by atoms with Crippen molar-refractivity contribution in [2.45, 2.75) is 13.5 Å². The van der Waals surface area contributed by atoms with E-state index in [0.29, 0.717) is 11.0 Å². The van der Waals surface area contributed by atoms with E-state index in [1.165, 1.54) is 19.1 Å². The van der Waals surface area contributed by atoms with Gasteiger partial charge in [0.2, 0.25) is 11.8 Å². The number of fused-ring (bicyclic) bond motifs is 1. The van der Waals surface area contributed by atoms with Gasteiger partial charge in [0.15, 0.2) is 5.69 Å². The maximum atomic E-state index is 12.6. The van der Waals surface area contributed by atoms with Crippen LogP contribution in [0.3, 0.4) is 0 Å². The summed E-state index contributed by atoms with van der Waals surface area (Å²) in [5.41, 5.74) is 0.911. The first kappa shape index (κ1) is 22.2. The van der Waals surface area contributed by atoms with E-state index in [1.54, 1.807) is 24.3 Å². The highest BCUT2D eigenvalue weighted by molar-refractivity contribution is 7.46. The quantitative estimate of drug-likeness (QED) is 0.273. The van der Waals surface area contributed by atoms with Gasteiger partial charge in [0.1, 0.15) is 12.4 Å². The molecule has 4 N–H and O–H groups in total. The van der Waals surface area contributed by atoms with Crippen LogP contribution in [0, 0.1) is 0 Å². The van der Waals surface area contributed by atoms with Gasteiger partial charge in [-0.15, -0.1) is 0 Å². The molecule has 0 spiro atoms. The van der Waals surface area contributed by atoms with Crippen LogP contribution in [0.4, 0.5) is 0 Å². The summed E-state index contributed by atoms with van der Waals surface area (Å²) in [5.74, 6) is -1.04. The number of para-hydroxylation sites is 2. The number of benzene rings is 1. The molecule has 0 fully saturated rings. The molecule has 2 heterocycles. The molecule has 0 aliphatic heterocycles. The van der Waals surface area contributed by atoms with E-state index < -0.39 is 13.7 Å². The van der Waals surface area contributed by atoms with Crippen molar-refractivity contribution < 1.29 is 37.6 Å². The number of nitrogens with zero attached hydrogens (tertiary/aromatic N) is 2. The van der Waals surface area contributed by atoms with Crippen molar-refractivity contribution in [3.63, 3.8) is 0 Å². The van der Waals surface area contributed by atoms with E-state index in [4.69, 9.17) is 18.9 Å². The SMILES string of the molecule is CC(=O)NCCNC(=O)c1nc2ccccc2nc1OCc1ccc(OP(=O)(O)O)o1. The highest BCUT2D eigenvalue weighted by Gasteiger charge is 2.20. The largest absolute Gasteiger partial charge is 0.527 e. The zero-order valence-corrected chi connectivity index (χ0v) is 17.2. The lowest BCUT2D eigenvalue weighted by atomic mass is 10.3. The first-order valence-electron chi connectivity index (χ1n) is 8.97. The average Bonchev–Trinajstić information content (AvgIpc) is 3.14. The number of ether oxygens (including phenoxy) is 1. The molecular formula is C18H19N4O8P. The van der Waals surface area contributed by atoms with E-state index in [0.717, 1.165) is 0 Å². The minimum Gasteiger partial charge on any atom is -0.468 e. The number of furan rings is 1. The van der Waals surface area contributed by atoms with Crippen molar-refractivity contribution in [3.8, 4) is 11.8 Å². The van der Waals surface area contributed by atoms with E-state index >= 15 is 0 Å². The predicted octanol–water partition coefficient (Wildman–Crippen LogP) is 1.14. The van der Waals surface area contributed by atoms with Crippen molar-refractivity contribution in [3.05, 3.63) is 47.9 Å². The number of aromatic nitrogens is 2. The second-order valence-electron chi connectivity index (χ2n) is 6.20. The first-order chi connectivity index (χ1) is 14.7. The third-order valence-electron chi connectivity index (χ3n) is 3.74. The summed E-state index contributed by atoms with van der Waals surface area (Å²) in [7, 11) is -4.76. The molecule has 0 saturated carbocycles. The van der Waals surface area contributed by atoms with E-state index in [2.05, 4.69) is 25.1 Å². The number of phosphoric ester groups is 1. The minimum atomic E-state index is -4.76. The Kier molecular flexibility index (Phi) is 6.85. The molecule has 31 heavy (non-hydrogen) atoms. The van der Waals surface area contributed by atoms with Gasteiger partial charge in [0.25, 0.3) is 11.9 Å². The molecule has 12 nitrogen and oxygen atoms in total. The lowest BCUT2D eigenvalue weighted by molar-refractivity contribution is -0.118. The summed E-state index contributed by atoms with van der Waals surface area (Å²) >= 11 is 0. The lowest BCUT2D eigenvalue weighted by Gasteiger charge is -2.11. The van der Waals surface area contributed by atoms with Crippen molar-refractivity contribution in [1.29, 1.82) is 0 Å². The van der Waals surface area contributed by atoms with Crippen LogP contribution in [0.15, 0.2) is 40.8 Å². The Labute approximate surface area is 175 Å². The summed E-state index contributed by atoms with van der Waals surface area (Å²) < 4.78 is 26.0. The smallest absolute Gasteiger partial charge is 0.468 e. The third-order valence-corrected chi connectivity index (χ3v) is 4.15. The second-order valence-corrected chi connectivity index (χ2v) is 7.36. The second kappa shape index (κ2) is 9.56. The summed E-state index contributed by atoms with van der Waals surface area (Å²) in [4.78, 5) is 49.8. The van der Waals surface area contributed by atoms with E-state index in [-0.39, 0.29) is 48.9 Å². The number of carbonyl (C=O) groups is 2. The molecule has 0 unspecified atom stereocenters. The summed E-state index contributed by atoms with van der Waals surface area (Å²) in [5, 5.41) is 5.18. The fourth-order valence-corrected chi connectivity index (χ4v) is 2.80. The van der Waals surface area contributed by atoms with Crippen molar-refractivity contribution in [1.82, 2.24) is 20.6 Å².